The largest absolute Gasteiger partial charge is 0.485 e. The predicted molar refractivity (Wildman–Crippen MR) is 131 cm³/mol. The van der Waals surface area contributed by atoms with Gasteiger partial charge in [0.25, 0.3) is 5.91 Å². The zero-order chi connectivity index (χ0) is 24.5. The first kappa shape index (κ1) is 24.0. The molecule has 34 heavy (non-hydrogen) atoms. The van der Waals surface area contributed by atoms with Crippen LogP contribution in [-0.4, -0.2) is 38.7 Å². The van der Waals surface area contributed by atoms with Gasteiger partial charge in [0.05, 0.1) is 11.1 Å². The van der Waals surface area contributed by atoms with E-state index in [2.05, 4.69) is 15.5 Å². The number of ether oxygens (including phenoxy) is 1. The topological polar surface area (TPSA) is 105 Å². The van der Waals surface area contributed by atoms with Crippen molar-refractivity contribution >= 4 is 40.6 Å². The van der Waals surface area contributed by atoms with Gasteiger partial charge in [-0.3, -0.25) is 4.79 Å². The Kier molecular flexibility index (Phi) is 6.77. The lowest BCUT2D eigenvalue weighted by atomic mass is 9.77. The maximum Gasteiger partial charge on any atom is 0.407 e. The molecule has 0 saturated carbocycles. The van der Waals surface area contributed by atoms with Crippen molar-refractivity contribution in [2.45, 2.75) is 39.8 Å². The number of benzene rings is 2. The maximum absolute atomic E-state index is 12.7. The molecule has 0 fully saturated rings. The van der Waals surface area contributed by atoms with Crippen LogP contribution in [0.5, 0.6) is 5.75 Å². The van der Waals surface area contributed by atoms with Crippen molar-refractivity contribution in [3.63, 3.8) is 0 Å². The number of amides is 2. The molecular formula is C24H25ClN4O4S. The van der Waals surface area contributed by atoms with E-state index in [0.717, 1.165) is 22.5 Å². The van der Waals surface area contributed by atoms with Crippen molar-refractivity contribution in [1.29, 1.82) is 0 Å². The number of anilines is 1. The quantitative estimate of drug-likeness (QED) is 0.469. The number of carbonyl (C=O) groups is 2. The van der Waals surface area contributed by atoms with Gasteiger partial charge in [-0.15, -0.1) is 10.2 Å². The molecule has 0 radical (unpaired) electrons. The van der Waals surface area contributed by atoms with Gasteiger partial charge in [0.15, 0.2) is 5.01 Å². The number of carboxylic acid groups (broad SMARTS) is 1. The van der Waals surface area contributed by atoms with Crippen molar-refractivity contribution < 1.29 is 19.4 Å². The first-order valence-corrected chi connectivity index (χ1v) is 12.0. The number of nitrogens with zero attached hydrogens (tertiary/aromatic N) is 3. The molecule has 10 heteroatoms. The molecule has 1 atom stereocenters. The number of nitrogens with one attached hydrogen (secondary N) is 1. The van der Waals surface area contributed by atoms with E-state index < -0.39 is 6.09 Å². The Morgan fingerprint density at radius 3 is 2.71 bits per heavy atom. The summed E-state index contributed by atoms with van der Waals surface area (Å²) in [6, 6.07) is 12.5. The molecule has 1 aliphatic rings. The van der Waals surface area contributed by atoms with Gasteiger partial charge in [0, 0.05) is 12.2 Å². The standard InChI is InChI=1S/C24H25ClN4O4S/c1-24(2,3)20-16-9-8-15(12-14(16)10-11-29(20)23(31)32)26-21(30)22-28-27-19(34-22)13-33-18-7-5-4-6-17(18)25/h4-9,12,20H,10-11,13H2,1-3H3,(H,26,30)(H,31,32). The molecule has 2 heterocycles. The summed E-state index contributed by atoms with van der Waals surface area (Å²) in [6.07, 6.45) is -0.339. The molecule has 0 bridgehead atoms. The highest BCUT2D eigenvalue weighted by atomic mass is 35.5. The average Bonchev–Trinajstić information content (AvgIpc) is 3.26. The van der Waals surface area contributed by atoms with E-state index in [-0.39, 0.29) is 29.0 Å². The van der Waals surface area contributed by atoms with Gasteiger partial charge >= 0.3 is 6.09 Å². The normalized spacial score (nSPS) is 15.5. The molecule has 8 nitrogen and oxygen atoms in total. The summed E-state index contributed by atoms with van der Waals surface area (Å²) in [5.41, 5.74) is 2.35. The Balaban J connectivity index is 1.45. The molecule has 0 aliphatic carbocycles. The van der Waals surface area contributed by atoms with Crippen LogP contribution in [0.25, 0.3) is 0 Å². The highest BCUT2D eigenvalue weighted by Gasteiger charge is 2.38. The number of para-hydroxylation sites is 1. The lowest BCUT2D eigenvalue weighted by Gasteiger charge is -2.43. The fraction of sp³-hybridized carbons (Fsp3) is 0.333. The van der Waals surface area contributed by atoms with Crippen molar-refractivity contribution in [2.24, 2.45) is 5.41 Å². The minimum Gasteiger partial charge on any atom is -0.485 e. The number of fused-ring (bicyclic) bond motifs is 1. The fourth-order valence-electron chi connectivity index (χ4n) is 4.13. The third-order valence-electron chi connectivity index (χ3n) is 5.54. The molecule has 0 spiro atoms. The minimum atomic E-state index is -0.923. The number of halogens is 1. The van der Waals surface area contributed by atoms with E-state index in [1.165, 1.54) is 4.90 Å². The van der Waals surface area contributed by atoms with E-state index in [1.54, 1.807) is 18.2 Å². The zero-order valence-electron chi connectivity index (χ0n) is 19.0. The van der Waals surface area contributed by atoms with Crippen molar-refractivity contribution in [3.05, 3.63) is 68.6 Å². The van der Waals surface area contributed by atoms with Crippen LogP contribution in [0.15, 0.2) is 42.5 Å². The Hall–Kier alpha value is -3.17. The second kappa shape index (κ2) is 9.60. The highest BCUT2D eigenvalue weighted by molar-refractivity contribution is 7.13. The molecule has 4 rings (SSSR count). The molecule has 2 N–H and O–H groups in total. The van der Waals surface area contributed by atoms with E-state index in [4.69, 9.17) is 16.3 Å². The molecule has 2 amide bonds. The number of hydrogen-bond donors (Lipinski definition) is 2. The number of carbonyl (C=O) groups excluding carboxylic acids is 1. The SMILES string of the molecule is CC(C)(C)C1c2ccc(NC(=O)c3nnc(COc4ccccc4Cl)s3)cc2CCN1C(=O)O. The average molecular weight is 501 g/mol. The fourth-order valence-corrected chi connectivity index (χ4v) is 4.97. The smallest absolute Gasteiger partial charge is 0.407 e. The third-order valence-corrected chi connectivity index (χ3v) is 6.75. The molecule has 2 aromatic carbocycles. The first-order valence-electron chi connectivity index (χ1n) is 10.8. The summed E-state index contributed by atoms with van der Waals surface area (Å²) < 4.78 is 5.66. The van der Waals surface area contributed by atoms with Crippen LogP contribution < -0.4 is 10.1 Å². The Morgan fingerprint density at radius 2 is 2.00 bits per heavy atom. The zero-order valence-corrected chi connectivity index (χ0v) is 20.6. The summed E-state index contributed by atoms with van der Waals surface area (Å²) in [6.45, 7) is 6.65. The molecule has 1 aromatic heterocycles. The molecule has 178 valence electrons. The van der Waals surface area contributed by atoms with Gasteiger partial charge in [0.2, 0.25) is 5.01 Å². The van der Waals surface area contributed by atoms with Crippen LogP contribution in [-0.2, 0) is 13.0 Å². The second-order valence-corrected chi connectivity index (χ2v) is 10.6. The highest BCUT2D eigenvalue weighted by Crippen LogP contribution is 2.43. The second-order valence-electron chi connectivity index (χ2n) is 9.08. The van der Waals surface area contributed by atoms with E-state index in [1.807, 2.05) is 45.0 Å². The first-order chi connectivity index (χ1) is 16.1. The lowest BCUT2D eigenvalue weighted by molar-refractivity contribution is 0.0759. The van der Waals surface area contributed by atoms with Crippen LogP contribution in [0.1, 0.15) is 52.7 Å². The monoisotopic (exact) mass is 500 g/mol. The van der Waals surface area contributed by atoms with Gasteiger partial charge < -0.3 is 20.1 Å². The van der Waals surface area contributed by atoms with Crippen LogP contribution in [0.3, 0.4) is 0 Å². The summed E-state index contributed by atoms with van der Waals surface area (Å²) in [5.74, 6) is 0.172. The summed E-state index contributed by atoms with van der Waals surface area (Å²) in [7, 11) is 0. The summed E-state index contributed by atoms with van der Waals surface area (Å²) >= 11 is 7.24. The van der Waals surface area contributed by atoms with Crippen molar-refractivity contribution in [1.82, 2.24) is 15.1 Å². The minimum absolute atomic E-state index is 0.155. The Morgan fingerprint density at radius 1 is 1.24 bits per heavy atom. The van der Waals surface area contributed by atoms with Gasteiger partial charge in [-0.05, 0) is 47.2 Å². The van der Waals surface area contributed by atoms with Crippen LogP contribution >= 0.6 is 22.9 Å². The van der Waals surface area contributed by atoms with Crippen LogP contribution in [0.4, 0.5) is 10.5 Å². The van der Waals surface area contributed by atoms with Crippen LogP contribution in [0, 0.1) is 5.41 Å². The molecule has 1 unspecified atom stereocenters. The van der Waals surface area contributed by atoms with Gasteiger partial charge in [-0.1, -0.05) is 61.9 Å². The number of rotatable bonds is 5. The number of aromatic nitrogens is 2. The van der Waals surface area contributed by atoms with Crippen molar-refractivity contribution in [2.75, 3.05) is 11.9 Å². The van der Waals surface area contributed by atoms with E-state index >= 15 is 0 Å². The maximum atomic E-state index is 12.7. The number of hydrogen-bond acceptors (Lipinski definition) is 6. The molecule has 3 aromatic rings. The molecule has 0 saturated heterocycles. The molecular weight excluding hydrogens is 476 g/mol. The molecule has 1 aliphatic heterocycles. The van der Waals surface area contributed by atoms with Gasteiger partial charge in [0.1, 0.15) is 12.4 Å². The summed E-state index contributed by atoms with van der Waals surface area (Å²) in [5, 5.41) is 21.8. The van der Waals surface area contributed by atoms with Crippen LogP contribution in [0.2, 0.25) is 5.02 Å². The third kappa shape index (κ3) is 5.15. The Bertz CT molecular complexity index is 1220. The summed E-state index contributed by atoms with van der Waals surface area (Å²) in [4.78, 5) is 26.0. The predicted octanol–water partition coefficient (Wildman–Crippen LogP) is 5.65. The van der Waals surface area contributed by atoms with E-state index in [9.17, 15) is 14.7 Å². The van der Waals surface area contributed by atoms with Crippen molar-refractivity contribution in [3.8, 4) is 5.75 Å². The lowest BCUT2D eigenvalue weighted by Crippen LogP contribution is -2.44. The van der Waals surface area contributed by atoms with Gasteiger partial charge in [-0.25, -0.2) is 4.79 Å². The Labute approximate surface area is 206 Å². The van der Waals surface area contributed by atoms with Gasteiger partial charge in [-0.2, -0.15) is 0 Å². The van der Waals surface area contributed by atoms with E-state index in [0.29, 0.717) is 34.4 Å².